The summed E-state index contributed by atoms with van der Waals surface area (Å²) in [6, 6.07) is 36.3. The SMILES string of the molecule is O=C(N/N=C\c1ccc(N2CCCC2)o1)c1ccc(-n2c(-c3ccccc3)ccc2-c2ccccc2)cc1. The topological polar surface area (TPSA) is 62.8 Å². The molecule has 5 aromatic rings. The zero-order chi connectivity index (χ0) is 25.7. The van der Waals surface area contributed by atoms with Crippen LogP contribution >= 0.6 is 0 Å². The second-order valence-electron chi connectivity index (χ2n) is 9.29. The zero-order valence-electron chi connectivity index (χ0n) is 21.0. The van der Waals surface area contributed by atoms with Gasteiger partial charge in [-0.1, -0.05) is 60.7 Å². The average Bonchev–Trinajstić information content (AvgIpc) is 3.75. The Morgan fingerprint density at radius 1 is 0.737 bits per heavy atom. The summed E-state index contributed by atoms with van der Waals surface area (Å²) < 4.78 is 8.05. The number of anilines is 1. The first-order valence-corrected chi connectivity index (χ1v) is 12.9. The number of hydrogen-bond donors (Lipinski definition) is 1. The number of carbonyl (C=O) groups excluding carboxylic acids is 1. The van der Waals surface area contributed by atoms with E-state index in [1.165, 1.54) is 19.1 Å². The van der Waals surface area contributed by atoms with Crippen molar-refractivity contribution in [3.63, 3.8) is 0 Å². The quantitative estimate of drug-likeness (QED) is 0.198. The lowest BCUT2D eigenvalue weighted by atomic mass is 10.1. The van der Waals surface area contributed by atoms with Crippen molar-refractivity contribution in [1.82, 2.24) is 9.99 Å². The highest BCUT2D eigenvalue weighted by Crippen LogP contribution is 2.32. The molecular weight excluding hydrogens is 472 g/mol. The van der Waals surface area contributed by atoms with Gasteiger partial charge in [-0.3, -0.25) is 4.79 Å². The predicted octanol–water partition coefficient (Wildman–Crippen LogP) is 6.77. The van der Waals surface area contributed by atoms with Crippen LogP contribution in [-0.2, 0) is 0 Å². The molecule has 1 amide bonds. The van der Waals surface area contributed by atoms with Gasteiger partial charge >= 0.3 is 0 Å². The van der Waals surface area contributed by atoms with Crippen molar-refractivity contribution in [2.45, 2.75) is 12.8 Å². The van der Waals surface area contributed by atoms with Crippen LogP contribution in [0.5, 0.6) is 0 Å². The zero-order valence-corrected chi connectivity index (χ0v) is 21.0. The van der Waals surface area contributed by atoms with Gasteiger partial charge in [0.1, 0.15) is 5.76 Å². The highest BCUT2D eigenvalue weighted by atomic mass is 16.4. The molecule has 0 spiro atoms. The molecule has 38 heavy (non-hydrogen) atoms. The maximum atomic E-state index is 12.8. The number of hydrazone groups is 1. The highest BCUT2D eigenvalue weighted by molar-refractivity contribution is 5.95. The van der Waals surface area contributed by atoms with Crippen LogP contribution < -0.4 is 10.3 Å². The number of benzene rings is 3. The monoisotopic (exact) mass is 500 g/mol. The van der Waals surface area contributed by atoms with Gasteiger partial charge in [0.2, 0.25) is 0 Å². The van der Waals surface area contributed by atoms with Gasteiger partial charge in [0.25, 0.3) is 5.91 Å². The number of furan rings is 1. The molecule has 0 saturated carbocycles. The molecule has 1 aliphatic rings. The Morgan fingerprint density at radius 2 is 1.34 bits per heavy atom. The summed E-state index contributed by atoms with van der Waals surface area (Å²) in [4.78, 5) is 15.0. The summed E-state index contributed by atoms with van der Waals surface area (Å²) in [5.74, 6) is 1.18. The molecular formula is C32H28N4O2. The molecule has 0 unspecified atom stereocenters. The molecule has 6 nitrogen and oxygen atoms in total. The van der Waals surface area contributed by atoms with Gasteiger partial charge in [-0.15, -0.1) is 0 Å². The Hall–Kier alpha value is -4.84. The molecule has 3 aromatic carbocycles. The molecule has 1 fully saturated rings. The number of nitrogens with one attached hydrogen (secondary N) is 1. The molecule has 3 heterocycles. The average molecular weight is 501 g/mol. The van der Waals surface area contributed by atoms with Crippen LogP contribution in [-0.4, -0.2) is 29.8 Å². The normalized spacial score (nSPS) is 13.3. The van der Waals surface area contributed by atoms with Crippen molar-refractivity contribution in [2.75, 3.05) is 18.0 Å². The second kappa shape index (κ2) is 10.6. The third-order valence-electron chi connectivity index (χ3n) is 6.80. The van der Waals surface area contributed by atoms with Crippen LogP contribution in [0.2, 0.25) is 0 Å². The van der Waals surface area contributed by atoms with Gasteiger partial charge in [-0.25, -0.2) is 5.43 Å². The van der Waals surface area contributed by atoms with Gasteiger partial charge in [0.15, 0.2) is 5.88 Å². The van der Waals surface area contributed by atoms with Gasteiger partial charge < -0.3 is 13.9 Å². The standard InChI is InChI=1S/C32H28N4O2/c37-32(34-33-23-28-17-20-31(38-28)35-21-7-8-22-35)26-13-15-27(16-14-26)36-29(24-9-3-1-4-10-24)18-19-30(36)25-11-5-2-6-12-25/h1-6,9-20,23H,7-8,21-22H2,(H,34,37)/b33-23-. The van der Waals surface area contributed by atoms with Gasteiger partial charge in [-0.2, -0.15) is 5.10 Å². The minimum Gasteiger partial charge on any atom is -0.440 e. The Bertz CT molecular complexity index is 1490. The van der Waals surface area contributed by atoms with E-state index in [4.69, 9.17) is 4.42 Å². The number of rotatable bonds is 7. The number of hydrogen-bond acceptors (Lipinski definition) is 4. The van der Waals surface area contributed by atoms with Crippen LogP contribution in [0, 0.1) is 0 Å². The maximum Gasteiger partial charge on any atom is 0.271 e. The Labute approximate surface area is 221 Å². The van der Waals surface area contributed by atoms with Crippen LogP contribution in [0.25, 0.3) is 28.2 Å². The molecule has 2 aromatic heterocycles. The van der Waals surface area contributed by atoms with Crippen molar-refractivity contribution < 1.29 is 9.21 Å². The van der Waals surface area contributed by atoms with E-state index in [9.17, 15) is 4.79 Å². The fourth-order valence-corrected chi connectivity index (χ4v) is 4.88. The molecule has 0 aliphatic carbocycles. The molecule has 6 heteroatoms. The van der Waals surface area contributed by atoms with Crippen LogP contribution in [0.4, 0.5) is 5.88 Å². The molecule has 188 valence electrons. The molecule has 1 aliphatic heterocycles. The van der Waals surface area contributed by atoms with E-state index < -0.39 is 0 Å². The minimum atomic E-state index is -0.279. The molecule has 1 N–H and O–H groups in total. The van der Waals surface area contributed by atoms with Crippen molar-refractivity contribution in [3.05, 3.63) is 121 Å². The van der Waals surface area contributed by atoms with Crippen LogP contribution in [0.15, 0.2) is 119 Å². The third-order valence-corrected chi connectivity index (χ3v) is 6.80. The lowest BCUT2D eigenvalue weighted by molar-refractivity contribution is 0.0955. The Morgan fingerprint density at radius 3 is 1.95 bits per heavy atom. The maximum absolute atomic E-state index is 12.8. The fraction of sp³-hybridized carbons (Fsp3) is 0.125. The van der Waals surface area contributed by atoms with E-state index in [0.29, 0.717) is 11.3 Å². The van der Waals surface area contributed by atoms with Gasteiger partial charge in [0.05, 0.1) is 17.6 Å². The van der Waals surface area contributed by atoms with E-state index in [2.05, 4.69) is 56.4 Å². The van der Waals surface area contributed by atoms with E-state index in [0.717, 1.165) is 47.2 Å². The van der Waals surface area contributed by atoms with Crippen molar-refractivity contribution in [1.29, 1.82) is 0 Å². The summed E-state index contributed by atoms with van der Waals surface area (Å²) in [5.41, 5.74) is 8.51. The molecule has 0 atom stereocenters. The van der Waals surface area contributed by atoms with E-state index in [1.807, 2.05) is 72.8 Å². The number of amides is 1. The lowest BCUT2D eigenvalue weighted by Gasteiger charge is -2.15. The number of nitrogens with zero attached hydrogens (tertiary/aromatic N) is 3. The first-order chi connectivity index (χ1) is 18.8. The first kappa shape index (κ1) is 23.6. The second-order valence-corrected chi connectivity index (χ2v) is 9.29. The smallest absolute Gasteiger partial charge is 0.271 e. The minimum absolute atomic E-state index is 0.279. The summed E-state index contributed by atoms with van der Waals surface area (Å²) >= 11 is 0. The number of carbonyl (C=O) groups is 1. The van der Waals surface area contributed by atoms with Crippen molar-refractivity contribution in [3.8, 4) is 28.2 Å². The fourth-order valence-electron chi connectivity index (χ4n) is 4.88. The van der Waals surface area contributed by atoms with E-state index >= 15 is 0 Å². The van der Waals surface area contributed by atoms with Crippen LogP contribution in [0.3, 0.4) is 0 Å². The highest BCUT2D eigenvalue weighted by Gasteiger charge is 2.16. The molecule has 1 saturated heterocycles. The molecule has 0 radical (unpaired) electrons. The largest absolute Gasteiger partial charge is 0.440 e. The van der Waals surface area contributed by atoms with E-state index in [-0.39, 0.29) is 5.91 Å². The van der Waals surface area contributed by atoms with Gasteiger partial charge in [0, 0.05) is 30.4 Å². The summed E-state index contributed by atoms with van der Waals surface area (Å²) in [5, 5.41) is 4.10. The van der Waals surface area contributed by atoms with Crippen LogP contribution in [0.1, 0.15) is 29.0 Å². The predicted molar refractivity (Wildman–Crippen MR) is 152 cm³/mol. The Kier molecular flexibility index (Phi) is 6.60. The molecule has 0 bridgehead atoms. The van der Waals surface area contributed by atoms with Crippen molar-refractivity contribution in [2.24, 2.45) is 5.10 Å². The summed E-state index contributed by atoms with van der Waals surface area (Å²) in [7, 11) is 0. The van der Waals surface area contributed by atoms with Crippen molar-refractivity contribution >= 4 is 18.0 Å². The lowest BCUT2D eigenvalue weighted by Crippen LogP contribution is -2.17. The third kappa shape index (κ3) is 4.89. The Balaban J connectivity index is 1.21. The first-order valence-electron chi connectivity index (χ1n) is 12.9. The summed E-state index contributed by atoms with van der Waals surface area (Å²) in [6.07, 6.45) is 3.90. The summed E-state index contributed by atoms with van der Waals surface area (Å²) in [6.45, 7) is 2.03. The number of aromatic nitrogens is 1. The van der Waals surface area contributed by atoms with E-state index in [1.54, 1.807) is 0 Å². The molecule has 6 rings (SSSR count). The van der Waals surface area contributed by atoms with Gasteiger partial charge in [-0.05, 0) is 66.4 Å².